The van der Waals surface area contributed by atoms with Crippen molar-refractivity contribution in [1.82, 2.24) is 0 Å². The largest absolute Gasteiger partial charge is 0.504 e. The number of phenolic OH excluding ortho intramolecular Hbond substituents is 2. The second kappa shape index (κ2) is 6.32. The topological polar surface area (TPSA) is 66.5 Å². The number of rotatable bonds is 4. The highest BCUT2D eigenvalue weighted by Gasteiger charge is 2.12. The lowest BCUT2D eigenvalue weighted by atomic mass is 10.0. The number of para-hydroxylation sites is 1. The molecule has 0 spiro atoms. The van der Waals surface area contributed by atoms with E-state index >= 15 is 0 Å². The average Bonchev–Trinajstić information content (AvgIpc) is 2.18. The van der Waals surface area contributed by atoms with Crippen molar-refractivity contribution < 1.29 is 10.2 Å². The molecule has 0 aromatic heterocycles. The molecule has 0 fully saturated rings. The zero-order chi connectivity index (χ0) is 10.6. The summed E-state index contributed by atoms with van der Waals surface area (Å²) in [6.45, 7) is 3.60. The van der Waals surface area contributed by atoms with E-state index in [0.717, 1.165) is 6.42 Å². The van der Waals surface area contributed by atoms with Gasteiger partial charge in [0, 0.05) is 11.6 Å². The van der Waals surface area contributed by atoms with Gasteiger partial charge < -0.3 is 15.9 Å². The normalized spacial score (nSPS) is 11.5. The van der Waals surface area contributed by atoms with E-state index in [1.54, 1.807) is 18.2 Å². The van der Waals surface area contributed by atoms with Crippen LogP contribution in [0.15, 0.2) is 30.9 Å². The van der Waals surface area contributed by atoms with Crippen LogP contribution in [0.5, 0.6) is 11.5 Å². The predicted octanol–water partition coefficient (Wildman–Crippen LogP) is 2.49. The van der Waals surface area contributed by atoms with Gasteiger partial charge in [0.1, 0.15) is 0 Å². The Kier molecular flexibility index (Phi) is 5.82. The Morgan fingerprint density at radius 1 is 1.40 bits per heavy atom. The first kappa shape index (κ1) is 13.8. The maximum atomic E-state index is 9.51. The number of aromatic hydroxyl groups is 2. The summed E-state index contributed by atoms with van der Waals surface area (Å²) in [5.74, 6) is -0.249. The number of phenols is 2. The molecule has 0 saturated carbocycles. The molecular weight excluding hydrogens is 214 g/mol. The summed E-state index contributed by atoms with van der Waals surface area (Å²) in [5, 5.41) is 18.8. The van der Waals surface area contributed by atoms with Crippen LogP contribution in [-0.2, 0) is 0 Å². The molecule has 0 aliphatic rings. The number of allylic oxidation sites excluding steroid dienone is 1. The van der Waals surface area contributed by atoms with E-state index in [1.165, 1.54) is 6.07 Å². The fraction of sp³-hybridized carbons (Fsp3) is 0.273. The highest BCUT2D eigenvalue weighted by Crippen LogP contribution is 2.33. The van der Waals surface area contributed by atoms with Crippen molar-refractivity contribution >= 4 is 12.4 Å². The van der Waals surface area contributed by atoms with Crippen LogP contribution in [0.1, 0.15) is 24.4 Å². The van der Waals surface area contributed by atoms with Gasteiger partial charge in [-0.25, -0.2) is 0 Å². The Morgan fingerprint density at radius 2 is 2.07 bits per heavy atom. The van der Waals surface area contributed by atoms with Crippen molar-refractivity contribution in [2.24, 2.45) is 5.73 Å². The van der Waals surface area contributed by atoms with Gasteiger partial charge in [-0.15, -0.1) is 19.0 Å². The Hall–Kier alpha value is -1.19. The second-order valence-electron chi connectivity index (χ2n) is 3.19. The van der Waals surface area contributed by atoms with E-state index in [0.29, 0.717) is 12.0 Å². The van der Waals surface area contributed by atoms with Crippen LogP contribution >= 0.6 is 12.4 Å². The molecular formula is C11H16ClNO2. The summed E-state index contributed by atoms with van der Waals surface area (Å²) in [7, 11) is 0. The molecule has 0 aliphatic heterocycles. The second-order valence-corrected chi connectivity index (χ2v) is 3.19. The number of benzene rings is 1. The van der Waals surface area contributed by atoms with Crippen LogP contribution in [0.4, 0.5) is 0 Å². The first-order valence-corrected chi connectivity index (χ1v) is 4.54. The lowest BCUT2D eigenvalue weighted by Crippen LogP contribution is -2.09. The monoisotopic (exact) mass is 229 g/mol. The minimum absolute atomic E-state index is 0. The number of halogens is 1. The van der Waals surface area contributed by atoms with Gasteiger partial charge in [-0.2, -0.15) is 0 Å². The molecule has 4 heteroatoms. The Morgan fingerprint density at radius 3 is 2.67 bits per heavy atom. The smallest absolute Gasteiger partial charge is 0.162 e. The maximum Gasteiger partial charge on any atom is 0.162 e. The molecule has 4 N–H and O–H groups in total. The third kappa shape index (κ3) is 3.46. The standard InChI is InChI=1S/C11H15NO2.ClH/c1-2-3-6-9(12)8-5-4-7-10(13)11(8)14;/h2,4-5,7,9,13-14H,1,3,6,12H2;1H/t9-;/m0./s1. The van der Waals surface area contributed by atoms with Gasteiger partial charge in [0.25, 0.3) is 0 Å². The molecule has 15 heavy (non-hydrogen) atoms. The van der Waals surface area contributed by atoms with E-state index in [4.69, 9.17) is 5.73 Å². The molecule has 1 rings (SSSR count). The molecule has 0 radical (unpaired) electrons. The summed E-state index contributed by atoms with van der Waals surface area (Å²) < 4.78 is 0. The van der Waals surface area contributed by atoms with Crippen molar-refractivity contribution in [3.05, 3.63) is 36.4 Å². The predicted molar refractivity (Wildman–Crippen MR) is 63.4 cm³/mol. The van der Waals surface area contributed by atoms with E-state index in [1.807, 2.05) is 0 Å². The molecule has 0 unspecified atom stereocenters. The highest BCUT2D eigenvalue weighted by atomic mass is 35.5. The van der Waals surface area contributed by atoms with Gasteiger partial charge in [0.05, 0.1) is 0 Å². The van der Waals surface area contributed by atoms with Crippen molar-refractivity contribution in [1.29, 1.82) is 0 Å². The third-order valence-electron chi connectivity index (χ3n) is 2.13. The van der Waals surface area contributed by atoms with E-state index in [-0.39, 0.29) is 29.9 Å². The first-order valence-electron chi connectivity index (χ1n) is 4.54. The van der Waals surface area contributed by atoms with Gasteiger partial charge in [0.2, 0.25) is 0 Å². The molecule has 0 bridgehead atoms. The van der Waals surface area contributed by atoms with Gasteiger partial charge in [-0.3, -0.25) is 0 Å². The highest BCUT2D eigenvalue weighted by molar-refractivity contribution is 5.85. The lowest BCUT2D eigenvalue weighted by molar-refractivity contribution is 0.395. The van der Waals surface area contributed by atoms with E-state index in [2.05, 4.69) is 6.58 Å². The van der Waals surface area contributed by atoms with E-state index < -0.39 is 0 Å². The zero-order valence-electron chi connectivity index (χ0n) is 8.39. The number of hydrogen-bond donors (Lipinski definition) is 3. The van der Waals surface area contributed by atoms with Crippen molar-refractivity contribution in [2.75, 3.05) is 0 Å². The summed E-state index contributed by atoms with van der Waals surface area (Å²) in [5.41, 5.74) is 6.41. The lowest BCUT2D eigenvalue weighted by Gasteiger charge is -2.12. The van der Waals surface area contributed by atoms with Crippen LogP contribution in [-0.4, -0.2) is 10.2 Å². The Balaban J connectivity index is 0.00000196. The first-order chi connectivity index (χ1) is 6.66. The van der Waals surface area contributed by atoms with Gasteiger partial charge in [-0.1, -0.05) is 18.2 Å². The molecule has 1 aromatic carbocycles. The number of nitrogens with two attached hydrogens (primary N) is 1. The van der Waals surface area contributed by atoms with Crippen LogP contribution in [0.2, 0.25) is 0 Å². The fourth-order valence-corrected chi connectivity index (χ4v) is 1.30. The molecule has 0 heterocycles. The van der Waals surface area contributed by atoms with Crippen LogP contribution < -0.4 is 5.73 Å². The third-order valence-corrected chi connectivity index (χ3v) is 2.13. The summed E-state index contributed by atoms with van der Waals surface area (Å²) >= 11 is 0. The van der Waals surface area contributed by atoms with Crippen molar-refractivity contribution in [2.45, 2.75) is 18.9 Å². The summed E-state index contributed by atoms with van der Waals surface area (Å²) in [6.07, 6.45) is 3.27. The quantitative estimate of drug-likeness (QED) is 0.549. The van der Waals surface area contributed by atoms with Gasteiger partial charge in [-0.05, 0) is 18.9 Å². The minimum atomic E-state index is -0.264. The minimum Gasteiger partial charge on any atom is -0.504 e. The molecule has 84 valence electrons. The molecule has 0 aliphatic carbocycles. The SMILES string of the molecule is C=CCC[C@H](N)c1cccc(O)c1O.Cl. The Labute approximate surface area is 95.6 Å². The zero-order valence-corrected chi connectivity index (χ0v) is 9.20. The van der Waals surface area contributed by atoms with Crippen LogP contribution in [0.3, 0.4) is 0 Å². The van der Waals surface area contributed by atoms with Crippen molar-refractivity contribution in [3.8, 4) is 11.5 Å². The Bertz CT molecular complexity index is 328. The van der Waals surface area contributed by atoms with Crippen LogP contribution in [0.25, 0.3) is 0 Å². The van der Waals surface area contributed by atoms with Gasteiger partial charge in [0.15, 0.2) is 11.5 Å². The molecule has 3 nitrogen and oxygen atoms in total. The molecule has 0 saturated heterocycles. The summed E-state index contributed by atoms with van der Waals surface area (Å²) in [4.78, 5) is 0. The van der Waals surface area contributed by atoms with Crippen LogP contribution in [0, 0.1) is 0 Å². The molecule has 0 amide bonds. The number of hydrogen-bond acceptors (Lipinski definition) is 3. The molecule has 1 aromatic rings. The average molecular weight is 230 g/mol. The molecule has 1 atom stereocenters. The van der Waals surface area contributed by atoms with Gasteiger partial charge >= 0.3 is 0 Å². The maximum absolute atomic E-state index is 9.51. The van der Waals surface area contributed by atoms with Crippen molar-refractivity contribution in [3.63, 3.8) is 0 Å². The summed E-state index contributed by atoms with van der Waals surface area (Å²) in [6, 6.07) is 4.54. The van der Waals surface area contributed by atoms with E-state index in [9.17, 15) is 10.2 Å². The fourth-order valence-electron chi connectivity index (χ4n) is 1.30.